The Kier molecular flexibility index (Phi) is 12.7. The van der Waals surface area contributed by atoms with Gasteiger partial charge in [0.25, 0.3) is 6.71 Å². The van der Waals surface area contributed by atoms with E-state index in [-0.39, 0.29) is 44.7 Å². The fraction of sp³-hybridized carbons (Fsp3) is 0.341. The van der Waals surface area contributed by atoms with Crippen LogP contribution in [0.4, 0.5) is 45.5 Å². The van der Waals surface area contributed by atoms with Crippen LogP contribution in [0.5, 0.6) is 0 Å². The average molecular weight is 1140 g/mol. The molecule has 14 rings (SSSR count). The second kappa shape index (κ2) is 19.4. The first kappa shape index (κ1) is 57.0. The molecule has 4 aliphatic rings. The molecule has 2 unspecified atom stereocenters. The fourth-order valence-electron chi connectivity index (χ4n) is 15.6. The molecule has 0 radical (unpaired) electrons. The van der Waals surface area contributed by atoms with E-state index < -0.39 is 0 Å². The summed E-state index contributed by atoms with van der Waals surface area (Å²) < 4.78 is 7.27. The Morgan fingerprint density at radius 2 is 0.931 bits per heavy atom. The molecule has 87 heavy (non-hydrogen) atoms. The molecule has 1 aromatic heterocycles. The molecule has 1 fully saturated rings. The van der Waals surface area contributed by atoms with E-state index in [0.717, 1.165) is 46.5 Å². The maximum Gasteiger partial charge on any atom is 0.253 e. The molecule has 4 heterocycles. The van der Waals surface area contributed by atoms with Crippen LogP contribution in [0.25, 0.3) is 44.2 Å². The van der Waals surface area contributed by atoms with E-state index >= 15 is 0 Å². The highest BCUT2D eigenvalue weighted by Gasteiger charge is 2.62. The smallest absolute Gasteiger partial charge is 0.253 e. The highest BCUT2D eigenvalue weighted by molar-refractivity contribution is 7.02. The van der Waals surface area contributed by atoms with Crippen molar-refractivity contribution in [2.75, 3.05) is 14.7 Å². The molecule has 5 heteroatoms. The zero-order valence-electron chi connectivity index (χ0n) is 54.9. The normalized spacial score (nSPS) is 18.2. The number of rotatable bonds is 6. The Hall–Kier alpha value is -7.76. The van der Waals surface area contributed by atoms with E-state index in [9.17, 15) is 0 Å². The van der Waals surface area contributed by atoms with Crippen molar-refractivity contribution >= 4 is 90.5 Å². The van der Waals surface area contributed by atoms with E-state index in [1.807, 2.05) is 0 Å². The van der Waals surface area contributed by atoms with Crippen molar-refractivity contribution in [1.29, 1.82) is 0 Å². The molecule has 0 saturated heterocycles. The highest BCUT2D eigenvalue weighted by atomic mass is 16.3. The van der Waals surface area contributed by atoms with Gasteiger partial charge in [-0.3, -0.25) is 0 Å². The second-order valence-electron chi connectivity index (χ2n) is 31.8. The number of hydrogen-bond acceptors (Lipinski definition) is 4. The minimum atomic E-state index is -0.231. The summed E-state index contributed by atoms with van der Waals surface area (Å²) in [5, 5.41) is 2.36. The number of anilines is 8. The summed E-state index contributed by atoms with van der Waals surface area (Å²) in [6.07, 6.45) is 4.62. The third kappa shape index (κ3) is 8.89. The predicted octanol–water partition coefficient (Wildman–Crippen LogP) is 21.2. The molecule has 440 valence electrons. The number of nitrogens with zero attached hydrogens (tertiary/aromatic N) is 3. The van der Waals surface area contributed by atoms with Gasteiger partial charge in [0.2, 0.25) is 0 Å². The molecule has 0 amide bonds. The van der Waals surface area contributed by atoms with Crippen molar-refractivity contribution in [3.63, 3.8) is 0 Å². The Bertz CT molecular complexity index is 4260. The van der Waals surface area contributed by atoms with E-state index in [1.165, 1.54) is 119 Å². The number of fused-ring (bicyclic) bond motifs is 11. The zero-order chi connectivity index (χ0) is 61.3. The third-order valence-electron chi connectivity index (χ3n) is 21.0. The van der Waals surface area contributed by atoms with Crippen LogP contribution < -0.4 is 31.1 Å². The van der Waals surface area contributed by atoms with Crippen LogP contribution >= 0.6 is 0 Å². The Balaban J connectivity index is 1.20. The van der Waals surface area contributed by atoms with Crippen molar-refractivity contribution in [2.45, 2.75) is 181 Å². The maximum absolute atomic E-state index is 7.27. The van der Waals surface area contributed by atoms with Crippen molar-refractivity contribution in [2.24, 2.45) is 0 Å². The largest absolute Gasteiger partial charge is 0.456 e. The molecule has 2 atom stereocenters. The average Bonchev–Trinajstić information content (AvgIpc) is 1.58. The van der Waals surface area contributed by atoms with Crippen LogP contribution in [0.2, 0.25) is 0 Å². The Morgan fingerprint density at radius 1 is 0.425 bits per heavy atom. The first-order chi connectivity index (χ1) is 41.0. The Morgan fingerprint density at radius 3 is 1.47 bits per heavy atom. The summed E-state index contributed by atoms with van der Waals surface area (Å²) in [7, 11) is 0. The van der Waals surface area contributed by atoms with Crippen LogP contribution in [-0.2, 0) is 32.5 Å². The monoisotopic (exact) mass is 1140 g/mol. The fourth-order valence-corrected chi connectivity index (χ4v) is 15.6. The standard InChI is InChI=1S/C82H88BN3O/c1-76(2,3)53-30-35-58(36-31-53)84(59-37-32-54(33-38-59)77(4,5)6)60-49-67-72-68(50-60)86-75-64(81(16)42-24-25-43-82(81,86)17)46-57(80(13,14)15)47-65(75)83(72)73-66(40-41-69-71(73)61-39-34-55(78(7,8)9)48-70(61)87-69)85(67)74-62(51-26-20-18-21-27-51)44-56(79(10,11)12)45-63(74)52-28-22-19-23-29-52/h18-23,26-41,44-50H,24-25,42-43H2,1-17H3. The number of furan rings is 1. The molecule has 0 spiro atoms. The molecular formula is C82H88BN3O. The first-order valence-electron chi connectivity index (χ1n) is 32.3. The number of hydrogen-bond donors (Lipinski definition) is 0. The van der Waals surface area contributed by atoms with Crippen molar-refractivity contribution in [1.82, 2.24) is 0 Å². The van der Waals surface area contributed by atoms with Gasteiger partial charge in [-0.15, -0.1) is 0 Å². The van der Waals surface area contributed by atoms with Crippen LogP contribution in [-0.4, -0.2) is 12.3 Å². The zero-order valence-corrected chi connectivity index (χ0v) is 54.9. The van der Waals surface area contributed by atoms with Gasteiger partial charge in [0.1, 0.15) is 11.2 Å². The van der Waals surface area contributed by atoms with Gasteiger partial charge in [-0.25, -0.2) is 0 Å². The Labute approximate surface area is 519 Å². The molecule has 10 aromatic rings. The quantitative estimate of drug-likeness (QED) is 0.155. The lowest BCUT2D eigenvalue weighted by Crippen LogP contribution is -2.64. The summed E-state index contributed by atoms with van der Waals surface area (Å²) in [6.45, 7) is 40.3. The highest BCUT2D eigenvalue weighted by Crippen LogP contribution is 2.63. The molecular weight excluding hydrogens is 1050 g/mol. The van der Waals surface area contributed by atoms with E-state index in [2.05, 4.69) is 308 Å². The van der Waals surface area contributed by atoms with Gasteiger partial charge in [0.15, 0.2) is 0 Å². The van der Waals surface area contributed by atoms with E-state index in [0.29, 0.717) is 0 Å². The van der Waals surface area contributed by atoms with Crippen LogP contribution in [0, 0.1) is 0 Å². The molecule has 4 nitrogen and oxygen atoms in total. The summed E-state index contributed by atoms with van der Waals surface area (Å²) >= 11 is 0. The topological polar surface area (TPSA) is 22.9 Å². The van der Waals surface area contributed by atoms with Gasteiger partial charge in [0.05, 0.1) is 16.9 Å². The lowest BCUT2D eigenvalue weighted by molar-refractivity contribution is 0.195. The molecule has 9 aromatic carbocycles. The summed E-state index contributed by atoms with van der Waals surface area (Å²) in [6, 6.07) is 68.7. The molecule has 0 bridgehead atoms. The van der Waals surface area contributed by atoms with Gasteiger partial charge < -0.3 is 19.1 Å². The van der Waals surface area contributed by atoms with Gasteiger partial charge in [-0.2, -0.15) is 0 Å². The molecule has 0 N–H and O–H groups in total. The van der Waals surface area contributed by atoms with Crippen molar-refractivity contribution < 1.29 is 4.42 Å². The van der Waals surface area contributed by atoms with Crippen LogP contribution in [0.3, 0.4) is 0 Å². The van der Waals surface area contributed by atoms with Crippen LogP contribution in [0.1, 0.15) is 177 Å². The SMILES string of the molecule is CC(C)(C)c1ccc(N(c2ccc(C(C)(C)C)cc2)c2cc3c4c(c2)N2c5c(cc(C(C)(C)C)cc5C5(C)CCCCC25C)B4c2c(ccc4oc5cc(C(C)(C)C)ccc5c24)N3c2c(-c3ccccc3)cc(C(C)(C)C)cc2-c2ccccc2)cc1. The lowest BCUT2D eigenvalue weighted by Gasteiger charge is -2.53. The number of benzene rings is 9. The maximum atomic E-state index is 7.27. The molecule has 1 saturated carbocycles. The minimum Gasteiger partial charge on any atom is -0.456 e. The van der Waals surface area contributed by atoms with Crippen molar-refractivity contribution in [3.05, 3.63) is 209 Å². The van der Waals surface area contributed by atoms with Gasteiger partial charge >= 0.3 is 0 Å². The predicted molar refractivity (Wildman–Crippen MR) is 375 cm³/mol. The first-order valence-corrected chi connectivity index (χ1v) is 32.3. The minimum absolute atomic E-state index is 0.0114. The van der Waals surface area contributed by atoms with E-state index in [1.54, 1.807) is 0 Å². The third-order valence-corrected chi connectivity index (χ3v) is 21.0. The van der Waals surface area contributed by atoms with Gasteiger partial charge in [-0.1, -0.05) is 233 Å². The molecule has 3 aliphatic heterocycles. The van der Waals surface area contributed by atoms with Crippen LogP contribution in [0.15, 0.2) is 180 Å². The second-order valence-corrected chi connectivity index (χ2v) is 31.8. The van der Waals surface area contributed by atoms with Gasteiger partial charge in [0, 0.05) is 61.4 Å². The lowest BCUT2D eigenvalue weighted by atomic mass is 9.32. The summed E-state index contributed by atoms with van der Waals surface area (Å²) in [5.41, 5.74) is 27.7. The van der Waals surface area contributed by atoms with Gasteiger partial charge in [-0.05, 0) is 174 Å². The van der Waals surface area contributed by atoms with E-state index in [4.69, 9.17) is 4.42 Å². The molecule has 1 aliphatic carbocycles. The summed E-state index contributed by atoms with van der Waals surface area (Å²) in [5.74, 6) is 0. The summed E-state index contributed by atoms with van der Waals surface area (Å²) in [4.78, 5) is 8.24. The van der Waals surface area contributed by atoms with Crippen molar-refractivity contribution in [3.8, 4) is 22.3 Å².